The molecule has 2 atom stereocenters. The van der Waals surface area contributed by atoms with Crippen LogP contribution < -0.4 is 0 Å². The van der Waals surface area contributed by atoms with E-state index in [0.29, 0.717) is 0 Å². The average Bonchev–Trinajstić information content (AvgIpc) is 2.35. The molecule has 1 aliphatic rings. The summed E-state index contributed by atoms with van der Waals surface area (Å²) in [6, 6.07) is 12.9. The smallest absolute Gasteiger partial charge is 0.0646 e. The van der Waals surface area contributed by atoms with E-state index >= 15 is 0 Å². The Balaban J connectivity index is 2.13. The van der Waals surface area contributed by atoms with Gasteiger partial charge in [-0.1, -0.05) is 42.5 Å². The Labute approximate surface area is 101 Å². The summed E-state index contributed by atoms with van der Waals surface area (Å²) in [5.41, 5.74) is 2.65. The maximum absolute atomic E-state index is 10.0. The minimum absolute atomic E-state index is 0.198. The minimum Gasteiger partial charge on any atom is -0.392 e. The molecule has 0 aromatic heterocycles. The van der Waals surface area contributed by atoms with Crippen LogP contribution in [0.5, 0.6) is 0 Å². The molecule has 0 heterocycles. The van der Waals surface area contributed by atoms with Gasteiger partial charge in [0.1, 0.15) is 0 Å². The van der Waals surface area contributed by atoms with E-state index in [1.807, 2.05) is 6.08 Å². The molecule has 0 unspecified atom stereocenters. The number of hydrogen-bond acceptors (Lipinski definition) is 1. The van der Waals surface area contributed by atoms with E-state index in [1.165, 1.54) is 21.9 Å². The van der Waals surface area contributed by atoms with Crippen molar-refractivity contribution < 1.29 is 5.11 Å². The predicted molar refractivity (Wildman–Crippen MR) is 71.0 cm³/mol. The lowest BCUT2D eigenvalue weighted by Gasteiger charge is -2.27. The first-order chi connectivity index (χ1) is 8.28. The lowest BCUT2D eigenvalue weighted by atomic mass is 9.81. The molecule has 17 heavy (non-hydrogen) atoms. The highest BCUT2D eigenvalue weighted by atomic mass is 16.3. The van der Waals surface area contributed by atoms with Crippen LogP contribution in [0.25, 0.3) is 10.8 Å². The quantitative estimate of drug-likeness (QED) is 0.738. The first-order valence-electron chi connectivity index (χ1n) is 6.09. The number of benzene rings is 2. The van der Waals surface area contributed by atoms with Crippen molar-refractivity contribution in [1.82, 2.24) is 0 Å². The number of hydrogen-bond donors (Lipinski definition) is 1. The molecule has 1 N–H and O–H groups in total. The van der Waals surface area contributed by atoms with Crippen LogP contribution >= 0.6 is 0 Å². The van der Waals surface area contributed by atoms with Crippen LogP contribution in [0.3, 0.4) is 0 Å². The summed E-state index contributed by atoms with van der Waals surface area (Å²) < 4.78 is 0. The van der Waals surface area contributed by atoms with Crippen LogP contribution in [0.2, 0.25) is 0 Å². The van der Waals surface area contributed by atoms with Gasteiger partial charge in [-0.25, -0.2) is 0 Å². The van der Waals surface area contributed by atoms with Crippen LogP contribution in [0, 0.1) is 5.92 Å². The molecule has 1 heteroatoms. The van der Waals surface area contributed by atoms with Crippen LogP contribution in [-0.4, -0.2) is 11.2 Å². The predicted octanol–water partition coefficient (Wildman–Crippen LogP) is 3.10. The van der Waals surface area contributed by atoms with Crippen molar-refractivity contribution in [2.24, 2.45) is 5.92 Å². The van der Waals surface area contributed by atoms with Gasteiger partial charge >= 0.3 is 0 Å². The Morgan fingerprint density at radius 3 is 2.24 bits per heavy atom. The highest BCUT2D eigenvalue weighted by molar-refractivity contribution is 5.84. The Hall–Kier alpha value is -1.60. The summed E-state index contributed by atoms with van der Waals surface area (Å²) in [5.74, 6) is 0.198. The van der Waals surface area contributed by atoms with Gasteiger partial charge in [0, 0.05) is 5.92 Å². The highest BCUT2D eigenvalue weighted by Crippen LogP contribution is 2.30. The molecule has 0 saturated heterocycles. The lowest BCUT2D eigenvalue weighted by Crippen LogP contribution is -2.28. The Bertz CT molecular complexity index is 571. The Morgan fingerprint density at radius 2 is 1.65 bits per heavy atom. The first-order valence-corrected chi connectivity index (χ1v) is 6.09. The zero-order valence-corrected chi connectivity index (χ0v) is 9.76. The number of aliphatic hydroxyl groups excluding tert-OH is 1. The molecule has 2 aromatic carbocycles. The molecule has 0 amide bonds. The molecular weight excluding hydrogens is 208 g/mol. The third-order valence-corrected chi connectivity index (χ3v) is 3.75. The first kappa shape index (κ1) is 10.5. The maximum atomic E-state index is 10.0. The van der Waals surface area contributed by atoms with Gasteiger partial charge in [0.25, 0.3) is 0 Å². The largest absolute Gasteiger partial charge is 0.392 e. The second kappa shape index (κ2) is 4.01. The van der Waals surface area contributed by atoms with Crippen molar-refractivity contribution in [3.63, 3.8) is 0 Å². The molecule has 0 aliphatic heterocycles. The normalized spacial score (nSPS) is 23.4. The topological polar surface area (TPSA) is 20.2 Å². The molecule has 0 fully saturated rings. The van der Waals surface area contributed by atoms with Crippen LogP contribution in [0.1, 0.15) is 11.1 Å². The van der Waals surface area contributed by atoms with Crippen LogP contribution in [0.4, 0.5) is 0 Å². The summed E-state index contributed by atoms with van der Waals surface area (Å²) in [6.07, 6.45) is 3.26. The molecule has 0 bridgehead atoms. The Morgan fingerprint density at radius 1 is 1.06 bits per heavy atom. The van der Waals surface area contributed by atoms with Crippen molar-refractivity contribution in [3.05, 3.63) is 60.2 Å². The third kappa shape index (κ3) is 1.77. The van der Waals surface area contributed by atoms with E-state index in [0.717, 1.165) is 12.8 Å². The minimum atomic E-state index is -0.277. The molecule has 3 rings (SSSR count). The van der Waals surface area contributed by atoms with Crippen molar-refractivity contribution in [3.8, 4) is 0 Å². The molecule has 0 spiro atoms. The fourth-order valence-corrected chi connectivity index (χ4v) is 2.72. The standard InChI is InChI=1S/C16H16O/c1-2-11-7-14-8-12-5-3-4-6-13(12)9-15(14)10-16(11)17/h2-6,8-9,11,16-17H,1,7,10H2/t11-,16+/m1/s1. The average molecular weight is 224 g/mol. The van der Waals surface area contributed by atoms with Crippen molar-refractivity contribution >= 4 is 10.8 Å². The molecule has 0 radical (unpaired) electrons. The van der Waals surface area contributed by atoms with Crippen molar-refractivity contribution in [2.75, 3.05) is 0 Å². The zero-order valence-electron chi connectivity index (χ0n) is 9.76. The van der Waals surface area contributed by atoms with Gasteiger partial charge in [0.15, 0.2) is 0 Å². The van der Waals surface area contributed by atoms with E-state index in [2.05, 4.69) is 43.0 Å². The van der Waals surface area contributed by atoms with E-state index < -0.39 is 0 Å². The summed E-state index contributed by atoms with van der Waals surface area (Å²) in [6.45, 7) is 3.81. The molecule has 86 valence electrons. The molecular formula is C16H16O. The number of fused-ring (bicyclic) bond motifs is 2. The monoisotopic (exact) mass is 224 g/mol. The summed E-state index contributed by atoms with van der Waals surface area (Å²) in [7, 11) is 0. The molecule has 2 aromatic rings. The van der Waals surface area contributed by atoms with E-state index in [9.17, 15) is 5.11 Å². The van der Waals surface area contributed by atoms with Gasteiger partial charge in [-0.15, -0.1) is 6.58 Å². The fourth-order valence-electron chi connectivity index (χ4n) is 2.72. The van der Waals surface area contributed by atoms with E-state index in [-0.39, 0.29) is 12.0 Å². The van der Waals surface area contributed by atoms with Crippen molar-refractivity contribution in [2.45, 2.75) is 18.9 Å². The van der Waals surface area contributed by atoms with Gasteiger partial charge in [-0.2, -0.15) is 0 Å². The van der Waals surface area contributed by atoms with Gasteiger partial charge in [-0.3, -0.25) is 0 Å². The highest BCUT2D eigenvalue weighted by Gasteiger charge is 2.24. The van der Waals surface area contributed by atoms with Gasteiger partial charge < -0.3 is 5.11 Å². The molecule has 1 aliphatic carbocycles. The molecule has 1 nitrogen and oxygen atoms in total. The number of aliphatic hydroxyl groups is 1. The zero-order chi connectivity index (χ0) is 11.8. The Kier molecular flexibility index (Phi) is 2.49. The maximum Gasteiger partial charge on any atom is 0.0646 e. The van der Waals surface area contributed by atoms with E-state index in [1.54, 1.807) is 0 Å². The molecule has 0 saturated carbocycles. The summed E-state index contributed by atoms with van der Waals surface area (Å²) >= 11 is 0. The van der Waals surface area contributed by atoms with Crippen LogP contribution in [0.15, 0.2) is 49.1 Å². The van der Waals surface area contributed by atoms with Crippen LogP contribution in [-0.2, 0) is 12.8 Å². The van der Waals surface area contributed by atoms with Crippen molar-refractivity contribution in [1.29, 1.82) is 0 Å². The van der Waals surface area contributed by atoms with Gasteiger partial charge in [0.2, 0.25) is 0 Å². The van der Waals surface area contributed by atoms with E-state index in [4.69, 9.17) is 0 Å². The van der Waals surface area contributed by atoms with Gasteiger partial charge in [-0.05, 0) is 34.7 Å². The fraction of sp³-hybridized carbons (Fsp3) is 0.250. The lowest BCUT2D eigenvalue weighted by molar-refractivity contribution is 0.123. The van der Waals surface area contributed by atoms with Gasteiger partial charge in [0.05, 0.1) is 6.10 Å². The summed E-state index contributed by atoms with van der Waals surface area (Å²) in [4.78, 5) is 0. The summed E-state index contributed by atoms with van der Waals surface area (Å²) in [5, 5.41) is 12.6. The second-order valence-corrected chi connectivity index (χ2v) is 4.84. The SMILES string of the molecule is C=C[C@@H]1Cc2cc3ccccc3cc2C[C@@H]1O. The second-order valence-electron chi connectivity index (χ2n) is 4.84. The third-order valence-electron chi connectivity index (χ3n) is 3.75. The number of rotatable bonds is 1.